The predicted molar refractivity (Wildman–Crippen MR) is 109 cm³/mol. The van der Waals surface area contributed by atoms with E-state index in [1.165, 1.54) is 15.3 Å². The van der Waals surface area contributed by atoms with Gasteiger partial charge in [0.25, 0.3) is 0 Å². The molecule has 1 aromatic carbocycles. The molecule has 1 fully saturated rings. The molecule has 0 aliphatic heterocycles. The van der Waals surface area contributed by atoms with Crippen molar-refractivity contribution in [1.82, 2.24) is 19.1 Å². The van der Waals surface area contributed by atoms with E-state index < -0.39 is 11.1 Å². The van der Waals surface area contributed by atoms with Gasteiger partial charge < -0.3 is 4.57 Å². The van der Waals surface area contributed by atoms with E-state index in [0.29, 0.717) is 16.2 Å². The second-order valence-corrected chi connectivity index (χ2v) is 7.18. The fraction of sp³-hybridized carbons (Fsp3) is 0.316. The first-order chi connectivity index (χ1) is 13.6. The maximum absolute atomic E-state index is 12.6. The van der Waals surface area contributed by atoms with Crippen LogP contribution in [-0.4, -0.2) is 25.3 Å². The van der Waals surface area contributed by atoms with Crippen LogP contribution in [-0.2, 0) is 7.05 Å². The number of aryl methyl sites for hydroxylation is 1. The van der Waals surface area contributed by atoms with Gasteiger partial charge in [-0.05, 0) is 18.9 Å². The van der Waals surface area contributed by atoms with Crippen LogP contribution in [0.25, 0.3) is 11.2 Å². The van der Waals surface area contributed by atoms with Crippen molar-refractivity contribution >= 4 is 34.9 Å². The molecule has 1 aliphatic rings. The number of halogens is 1. The van der Waals surface area contributed by atoms with Crippen LogP contribution in [0, 0.1) is 0 Å². The number of nitrogens with zero attached hydrogens (tertiary/aromatic N) is 5. The summed E-state index contributed by atoms with van der Waals surface area (Å²) < 4.78 is 2.81. The van der Waals surface area contributed by atoms with Crippen molar-refractivity contribution in [3.8, 4) is 0 Å². The molecule has 2 aromatic heterocycles. The van der Waals surface area contributed by atoms with Gasteiger partial charge in [0.1, 0.15) is 5.52 Å². The monoisotopic (exact) mass is 398 g/mol. The first kappa shape index (κ1) is 18.4. The summed E-state index contributed by atoms with van der Waals surface area (Å²) in [6, 6.07) is 7.30. The van der Waals surface area contributed by atoms with Gasteiger partial charge in [-0.25, -0.2) is 10.4 Å². The van der Waals surface area contributed by atoms with Gasteiger partial charge in [0.05, 0.1) is 12.4 Å². The van der Waals surface area contributed by atoms with Gasteiger partial charge in [0.15, 0.2) is 5.65 Å². The number of hydrazone groups is 1. The number of aromatic nitrogens is 4. The molecule has 28 heavy (non-hydrogen) atoms. The topological polar surface area (TPSA) is 94.2 Å². The lowest BCUT2D eigenvalue weighted by Crippen LogP contribution is -2.42. The number of benzene rings is 1. The van der Waals surface area contributed by atoms with Crippen LogP contribution in [0.2, 0.25) is 5.02 Å². The van der Waals surface area contributed by atoms with Gasteiger partial charge in [-0.1, -0.05) is 42.6 Å². The maximum Gasteiger partial charge on any atom is 0.318 e. The minimum atomic E-state index is -0.569. The Morgan fingerprint density at radius 3 is 2.71 bits per heavy atom. The fourth-order valence-corrected chi connectivity index (χ4v) is 3.71. The van der Waals surface area contributed by atoms with Gasteiger partial charge in [0, 0.05) is 23.7 Å². The van der Waals surface area contributed by atoms with Gasteiger partial charge >= 0.3 is 11.1 Å². The van der Waals surface area contributed by atoms with Crippen molar-refractivity contribution in [2.24, 2.45) is 12.1 Å². The smallest absolute Gasteiger partial charge is 0.303 e. The Labute approximate surface area is 165 Å². The number of rotatable bonds is 4. The van der Waals surface area contributed by atoms with E-state index in [1.54, 1.807) is 19.3 Å². The third-order valence-electron chi connectivity index (χ3n) is 5.01. The zero-order valence-corrected chi connectivity index (χ0v) is 16.1. The second kappa shape index (κ2) is 7.55. The molecule has 4 rings (SSSR count). The van der Waals surface area contributed by atoms with Crippen LogP contribution in [0.15, 0.2) is 45.2 Å². The summed E-state index contributed by atoms with van der Waals surface area (Å²) in [7, 11) is 1.55. The van der Waals surface area contributed by atoms with Crippen LogP contribution in [0.4, 0.5) is 5.95 Å². The molecule has 9 heteroatoms. The largest absolute Gasteiger partial charge is 0.318 e. The summed E-state index contributed by atoms with van der Waals surface area (Å²) in [5.74, 6) is 0.237. The summed E-state index contributed by atoms with van der Waals surface area (Å²) in [4.78, 5) is 33.7. The SMILES string of the molecule is Cn1c(=O)c(=O)n(C2CCCC2)c2nc(N/N=C/c3ccccc3Cl)ncc21. The normalized spacial score (nSPS) is 14.9. The molecule has 8 nitrogen and oxygen atoms in total. The van der Waals surface area contributed by atoms with Gasteiger partial charge in [0.2, 0.25) is 5.95 Å². The van der Waals surface area contributed by atoms with Crippen molar-refractivity contribution in [2.45, 2.75) is 31.7 Å². The quantitative estimate of drug-likeness (QED) is 0.414. The molecule has 0 bridgehead atoms. The maximum atomic E-state index is 12.6. The first-order valence-electron chi connectivity index (χ1n) is 9.08. The zero-order valence-electron chi connectivity index (χ0n) is 15.3. The van der Waals surface area contributed by atoms with Gasteiger partial charge in [-0.15, -0.1) is 0 Å². The van der Waals surface area contributed by atoms with Crippen molar-refractivity contribution in [3.63, 3.8) is 0 Å². The number of anilines is 1. The van der Waals surface area contributed by atoms with E-state index >= 15 is 0 Å². The minimum absolute atomic E-state index is 0.0155. The Morgan fingerprint density at radius 1 is 1.21 bits per heavy atom. The van der Waals surface area contributed by atoms with Crippen LogP contribution in [0.3, 0.4) is 0 Å². The molecule has 1 saturated carbocycles. The molecular weight excluding hydrogens is 380 g/mol. The lowest BCUT2D eigenvalue weighted by molar-refractivity contribution is 0.507. The molecule has 0 unspecified atom stereocenters. The Morgan fingerprint density at radius 2 is 1.96 bits per heavy atom. The number of nitrogens with one attached hydrogen (secondary N) is 1. The van der Waals surface area contributed by atoms with E-state index in [4.69, 9.17) is 11.6 Å². The molecule has 144 valence electrons. The highest BCUT2D eigenvalue weighted by Gasteiger charge is 2.23. The average molecular weight is 399 g/mol. The van der Waals surface area contributed by atoms with Crippen molar-refractivity contribution < 1.29 is 0 Å². The summed E-state index contributed by atoms with van der Waals surface area (Å²) in [6.07, 6.45) is 6.89. The van der Waals surface area contributed by atoms with Gasteiger partial charge in [-0.2, -0.15) is 10.1 Å². The standard InChI is InChI=1S/C19H19ClN6O2/c1-25-15-11-21-19(24-22-10-12-6-2-5-9-14(12)20)23-16(15)26(18(28)17(25)27)13-7-3-4-8-13/h2,5-6,9-11,13H,3-4,7-8H2,1H3,(H,21,23,24)/b22-10+. The summed E-state index contributed by atoms with van der Waals surface area (Å²) in [5.41, 5.74) is 3.35. The molecule has 1 aliphatic carbocycles. The molecule has 0 amide bonds. The van der Waals surface area contributed by atoms with Crippen LogP contribution >= 0.6 is 11.6 Å². The number of hydrogen-bond donors (Lipinski definition) is 1. The molecule has 0 radical (unpaired) electrons. The number of fused-ring (bicyclic) bond motifs is 1. The molecule has 3 aromatic rings. The third kappa shape index (κ3) is 3.31. The highest BCUT2D eigenvalue weighted by Crippen LogP contribution is 2.29. The lowest BCUT2D eigenvalue weighted by Gasteiger charge is -2.17. The Balaban J connectivity index is 1.74. The summed E-state index contributed by atoms with van der Waals surface area (Å²) in [5, 5.41) is 4.71. The molecule has 0 spiro atoms. The Kier molecular flexibility index (Phi) is 4.95. The molecule has 2 heterocycles. The average Bonchev–Trinajstić information content (AvgIpc) is 3.22. The van der Waals surface area contributed by atoms with Gasteiger partial charge in [-0.3, -0.25) is 14.2 Å². The van der Waals surface area contributed by atoms with E-state index in [0.717, 1.165) is 31.2 Å². The molecule has 1 N–H and O–H groups in total. The van der Waals surface area contributed by atoms with E-state index in [1.807, 2.05) is 18.2 Å². The van der Waals surface area contributed by atoms with E-state index in [2.05, 4.69) is 20.5 Å². The highest BCUT2D eigenvalue weighted by atomic mass is 35.5. The first-order valence-corrected chi connectivity index (χ1v) is 9.46. The highest BCUT2D eigenvalue weighted by molar-refractivity contribution is 6.33. The molecule has 0 saturated heterocycles. The van der Waals surface area contributed by atoms with E-state index in [9.17, 15) is 9.59 Å². The van der Waals surface area contributed by atoms with Crippen LogP contribution < -0.4 is 16.5 Å². The minimum Gasteiger partial charge on any atom is -0.303 e. The fourth-order valence-electron chi connectivity index (χ4n) is 3.53. The second-order valence-electron chi connectivity index (χ2n) is 6.77. The predicted octanol–water partition coefficient (Wildman–Crippen LogP) is 2.70. The van der Waals surface area contributed by atoms with Crippen molar-refractivity contribution in [3.05, 3.63) is 61.8 Å². The molecular formula is C19H19ClN6O2. The third-order valence-corrected chi connectivity index (χ3v) is 5.35. The summed E-state index contributed by atoms with van der Waals surface area (Å²) in [6.45, 7) is 0. The number of hydrogen-bond acceptors (Lipinski definition) is 6. The molecule has 0 atom stereocenters. The van der Waals surface area contributed by atoms with E-state index in [-0.39, 0.29) is 12.0 Å². The van der Waals surface area contributed by atoms with Crippen molar-refractivity contribution in [2.75, 3.05) is 5.43 Å². The van der Waals surface area contributed by atoms with Crippen LogP contribution in [0.1, 0.15) is 37.3 Å². The summed E-state index contributed by atoms with van der Waals surface area (Å²) >= 11 is 6.11. The Hall–Kier alpha value is -3.00. The lowest BCUT2D eigenvalue weighted by atomic mass is 10.2. The zero-order chi connectivity index (χ0) is 19.7. The van der Waals surface area contributed by atoms with Crippen molar-refractivity contribution in [1.29, 1.82) is 0 Å². The Bertz CT molecular complexity index is 1180. The van der Waals surface area contributed by atoms with Crippen LogP contribution in [0.5, 0.6) is 0 Å².